The normalized spacial score (nSPS) is 22.6. The quantitative estimate of drug-likeness (QED) is 0.605. The van der Waals surface area contributed by atoms with Crippen molar-refractivity contribution in [2.75, 3.05) is 26.9 Å². The van der Waals surface area contributed by atoms with E-state index in [0.29, 0.717) is 24.5 Å². The van der Waals surface area contributed by atoms with Crippen LogP contribution in [0.15, 0.2) is 12.1 Å². The smallest absolute Gasteiger partial charge is 0.139 e. The van der Waals surface area contributed by atoms with Crippen LogP contribution in [0.2, 0.25) is 0 Å². The van der Waals surface area contributed by atoms with Crippen LogP contribution in [0.4, 0.5) is 4.39 Å². The van der Waals surface area contributed by atoms with Crippen LogP contribution in [0.3, 0.4) is 0 Å². The zero-order chi connectivity index (χ0) is 19.4. The van der Waals surface area contributed by atoms with Crippen LogP contribution in [-0.4, -0.2) is 37.6 Å². The molecule has 2 aliphatic heterocycles. The molecule has 0 aliphatic carbocycles. The standard InChI is InChI=1S/C23H34FNO2/c1-16(2)11-19-15-25-10-8-17-12-18(7-5-4-6-9-24)23(27-3)13-20(17)21(25)14-22(19)26/h12-13,16,19,21H,4-11,14-15H2,1-3H3. The van der Waals surface area contributed by atoms with Gasteiger partial charge in [0.15, 0.2) is 0 Å². The Morgan fingerprint density at radius 1 is 1.26 bits per heavy atom. The summed E-state index contributed by atoms with van der Waals surface area (Å²) in [7, 11) is 1.72. The molecule has 3 nitrogen and oxygen atoms in total. The van der Waals surface area contributed by atoms with E-state index in [1.54, 1.807) is 7.11 Å². The van der Waals surface area contributed by atoms with Crippen LogP contribution in [0, 0.1) is 11.8 Å². The van der Waals surface area contributed by atoms with Gasteiger partial charge in [0.2, 0.25) is 0 Å². The molecule has 2 atom stereocenters. The highest BCUT2D eigenvalue weighted by Gasteiger charge is 2.38. The first-order valence-electron chi connectivity index (χ1n) is 10.6. The van der Waals surface area contributed by atoms with Crippen LogP contribution in [0.5, 0.6) is 5.75 Å². The number of benzene rings is 1. The monoisotopic (exact) mass is 375 g/mol. The highest BCUT2D eigenvalue weighted by Crippen LogP contribution is 2.41. The SMILES string of the molecule is COc1cc2c(cc1CCCCCF)CCN1CC(CC(C)C)C(=O)CC21. The van der Waals surface area contributed by atoms with E-state index < -0.39 is 0 Å². The van der Waals surface area contributed by atoms with E-state index >= 15 is 0 Å². The van der Waals surface area contributed by atoms with Gasteiger partial charge >= 0.3 is 0 Å². The number of hydrogen-bond donors (Lipinski definition) is 0. The topological polar surface area (TPSA) is 29.5 Å². The van der Waals surface area contributed by atoms with Crippen molar-refractivity contribution in [1.29, 1.82) is 0 Å². The zero-order valence-corrected chi connectivity index (χ0v) is 17.1. The predicted octanol–water partition coefficient (Wildman–Crippen LogP) is 4.91. The Bertz CT molecular complexity index is 658. The maximum absolute atomic E-state index is 12.7. The van der Waals surface area contributed by atoms with Crippen molar-refractivity contribution in [3.05, 3.63) is 28.8 Å². The number of nitrogens with zero attached hydrogens (tertiary/aromatic N) is 1. The number of unbranched alkanes of at least 4 members (excludes halogenated alkanes) is 2. The number of aryl methyl sites for hydroxylation is 1. The lowest BCUT2D eigenvalue weighted by atomic mass is 9.79. The molecule has 1 saturated heterocycles. The first-order chi connectivity index (χ1) is 13.0. The van der Waals surface area contributed by atoms with Gasteiger partial charge in [-0.15, -0.1) is 0 Å². The van der Waals surface area contributed by atoms with Gasteiger partial charge in [-0.1, -0.05) is 26.3 Å². The number of ether oxygens (including phenoxy) is 1. The molecule has 0 saturated carbocycles. The molecule has 1 aromatic rings. The highest BCUT2D eigenvalue weighted by atomic mass is 19.1. The summed E-state index contributed by atoms with van der Waals surface area (Å²) in [5.41, 5.74) is 3.87. The second-order valence-electron chi connectivity index (χ2n) is 8.62. The summed E-state index contributed by atoms with van der Waals surface area (Å²) in [4.78, 5) is 15.2. The van der Waals surface area contributed by atoms with Crippen molar-refractivity contribution in [3.63, 3.8) is 0 Å². The van der Waals surface area contributed by atoms with Crippen molar-refractivity contribution in [3.8, 4) is 5.75 Å². The fourth-order valence-corrected chi connectivity index (χ4v) is 4.78. The van der Waals surface area contributed by atoms with Gasteiger partial charge in [-0.2, -0.15) is 0 Å². The summed E-state index contributed by atoms with van der Waals surface area (Å²) in [6.45, 7) is 6.10. The van der Waals surface area contributed by atoms with Crippen LogP contribution < -0.4 is 4.74 Å². The number of methoxy groups -OCH3 is 1. The van der Waals surface area contributed by atoms with Gasteiger partial charge in [-0.05, 0) is 60.8 Å². The van der Waals surface area contributed by atoms with E-state index in [9.17, 15) is 9.18 Å². The van der Waals surface area contributed by atoms with Gasteiger partial charge in [0.25, 0.3) is 0 Å². The number of piperidine rings is 1. The van der Waals surface area contributed by atoms with E-state index in [-0.39, 0.29) is 18.6 Å². The lowest BCUT2D eigenvalue weighted by Crippen LogP contribution is -2.46. The van der Waals surface area contributed by atoms with Crippen LogP contribution >= 0.6 is 0 Å². The highest BCUT2D eigenvalue weighted by molar-refractivity contribution is 5.83. The summed E-state index contributed by atoms with van der Waals surface area (Å²) in [5, 5.41) is 0. The molecule has 150 valence electrons. The van der Waals surface area contributed by atoms with Crippen molar-refractivity contribution in [2.24, 2.45) is 11.8 Å². The summed E-state index contributed by atoms with van der Waals surface area (Å²) in [5.74, 6) is 2.10. The molecule has 27 heavy (non-hydrogen) atoms. The molecule has 0 bridgehead atoms. The van der Waals surface area contributed by atoms with E-state index in [1.807, 2.05) is 0 Å². The molecule has 0 N–H and O–H groups in total. The summed E-state index contributed by atoms with van der Waals surface area (Å²) in [6.07, 6.45) is 6.14. The second kappa shape index (κ2) is 9.18. The summed E-state index contributed by atoms with van der Waals surface area (Å²) >= 11 is 0. The van der Waals surface area contributed by atoms with Crippen molar-refractivity contribution < 1.29 is 13.9 Å². The molecular formula is C23H34FNO2. The molecule has 0 spiro atoms. The molecule has 2 heterocycles. The Balaban J connectivity index is 1.77. The Hall–Kier alpha value is -1.42. The largest absolute Gasteiger partial charge is 0.496 e. The van der Waals surface area contributed by atoms with Gasteiger partial charge in [0.1, 0.15) is 11.5 Å². The van der Waals surface area contributed by atoms with E-state index in [1.165, 1.54) is 16.7 Å². The van der Waals surface area contributed by atoms with Gasteiger partial charge in [-0.3, -0.25) is 14.1 Å². The minimum absolute atomic E-state index is 0.194. The van der Waals surface area contributed by atoms with Gasteiger partial charge in [0.05, 0.1) is 13.8 Å². The molecule has 2 aliphatic rings. The maximum atomic E-state index is 12.7. The van der Waals surface area contributed by atoms with Crippen molar-refractivity contribution >= 4 is 5.78 Å². The fourth-order valence-electron chi connectivity index (χ4n) is 4.78. The third-order valence-corrected chi connectivity index (χ3v) is 6.15. The number of alkyl halides is 1. The molecule has 1 aromatic carbocycles. The number of Topliss-reactive ketones (excluding diaryl/α,β-unsaturated/α-hetero) is 1. The molecular weight excluding hydrogens is 341 g/mol. The van der Waals surface area contributed by atoms with E-state index in [4.69, 9.17) is 4.74 Å². The summed E-state index contributed by atoms with van der Waals surface area (Å²) < 4.78 is 18.0. The summed E-state index contributed by atoms with van der Waals surface area (Å²) in [6, 6.07) is 4.66. The van der Waals surface area contributed by atoms with Crippen LogP contribution in [0.1, 0.15) is 68.7 Å². The van der Waals surface area contributed by atoms with Crippen LogP contribution in [0.25, 0.3) is 0 Å². The Kier molecular flexibility index (Phi) is 6.91. The molecule has 2 unspecified atom stereocenters. The lowest BCUT2D eigenvalue weighted by Gasteiger charge is -2.43. The molecule has 4 heteroatoms. The maximum Gasteiger partial charge on any atom is 0.139 e. The first kappa shape index (κ1) is 20.3. The number of rotatable bonds is 8. The van der Waals surface area contributed by atoms with Crippen LogP contribution in [-0.2, 0) is 17.6 Å². The fraction of sp³-hybridized carbons (Fsp3) is 0.696. The zero-order valence-electron chi connectivity index (χ0n) is 17.1. The third-order valence-electron chi connectivity index (χ3n) is 6.15. The Morgan fingerprint density at radius 3 is 2.78 bits per heavy atom. The first-order valence-corrected chi connectivity index (χ1v) is 10.6. The third kappa shape index (κ3) is 4.71. The number of carbonyl (C=O) groups excluding carboxylic acids is 1. The Morgan fingerprint density at radius 2 is 2.07 bits per heavy atom. The number of ketones is 1. The molecule has 0 aromatic heterocycles. The number of halogens is 1. The minimum Gasteiger partial charge on any atom is -0.496 e. The Labute approximate surface area is 163 Å². The average molecular weight is 376 g/mol. The number of carbonyl (C=O) groups is 1. The molecule has 3 rings (SSSR count). The van der Waals surface area contributed by atoms with Gasteiger partial charge < -0.3 is 4.74 Å². The number of fused-ring (bicyclic) bond motifs is 3. The van der Waals surface area contributed by atoms with E-state index in [0.717, 1.165) is 50.9 Å². The second-order valence-corrected chi connectivity index (χ2v) is 8.62. The molecule has 0 radical (unpaired) electrons. The minimum atomic E-state index is -0.231. The van der Waals surface area contributed by atoms with Gasteiger partial charge in [-0.25, -0.2) is 0 Å². The van der Waals surface area contributed by atoms with E-state index in [2.05, 4.69) is 30.9 Å². The number of hydrogen-bond acceptors (Lipinski definition) is 3. The van der Waals surface area contributed by atoms with Gasteiger partial charge in [0, 0.05) is 31.5 Å². The lowest BCUT2D eigenvalue weighted by molar-refractivity contribution is -0.129. The van der Waals surface area contributed by atoms with Crippen molar-refractivity contribution in [2.45, 2.75) is 64.8 Å². The molecule has 0 amide bonds. The average Bonchev–Trinajstić information content (AvgIpc) is 2.65. The molecule has 1 fully saturated rings. The van der Waals surface area contributed by atoms with Crippen molar-refractivity contribution in [1.82, 2.24) is 4.90 Å². The predicted molar refractivity (Wildman–Crippen MR) is 107 cm³/mol.